The molecule has 0 atom stereocenters. The number of hydrogen-bond acceptors (Lipinski definition) is 4. The first kappa shape index (κ1) is 8.35. The standard InChI is InChI=1S/C5H7IN2OS/c1-5(2,9)3-7-8-4(6)10-3/h9H,1-2H3. The third-order valence-corrected chi connectivity index (χ3v) is 2.82. The molecule has 10 heavy (non-hydrogen) atoms. The third-order valence-electron chi connectivity index (χ3n) is 0.924. The molecule has 3 nitrogen and oxygen atoms in total. The lowest BCUT2D eigenvalue weighted by atomic mass is 10.2. The zero-order valence-corrected chi connectivity index (χ0v) is 8.60. The SMILES string of the molecule is CC(C)(O)c1nnc(I)s1. The van der Waals surface area contributed by atoms with E-state index in [-0.39, 0.29) is 0 Å². The summed E-state index contributed by atoms with van der Waals surface area (Å²) in [7, 11) is 0. The van der Waals surface area contributed by atoms with Crippen molar-refractivity contribution in [1.82, 2.24) is 10.2 Å². The van der Waals surface area contributed by atoms with Gasteiger partial charge in [-0.05, 0) is 36.4 Å². The highest BCUT2D eigenvalue weighted by atomic mass is 127. The normalized spacial score (nSPS) is 12.0. The molecular formula is C5H7IN2OS. The predicted octanol–water partition coefficient (Wildman–Crippen LogP) is 1.37. The van der Waals surface area contributed by atoms with Crippen molar-refractivity contribution in [3.63, 3.8) is 0 Å². The van der Waals surface area contributed by atoms with E-state index in [0.29, 0.717) is 5.01 Å². The molecule has 5 heteroatoms. The Labute approximate surface area is 76.6 Å². The van der Waals surface area contributed by atoms with E-state index in [9.17, 15) is 5.11 Å². The first-order chi connectivity index (χ1) is 4.50. The van der Waals surface area contributed by atoms with E-state index in [1.165, 1.54) is 11.3 Å². The zero-order chi connectivity index (χ0) is 7.78. The largest absolute Gasteiger partial charge is 0.383 e. The van der Waals surface area contributed by atoms with Crippen molar-refractivity contribution in [2.45, 2.75) is 19.4 Å². The molecule has 1 N–H and O–H groups in total. The van der Waals surface area contributed by atoms with Crippen LogP contribution in [0, 0.1) is 3.01 Å². The molecule has 0 aliphatic rings. The van der Waals surface area contributed by atoms with Crippen molar-refractivity contribution in [3.05, 3.63) is 8.02 Å². The second-order valence-corrected chi connectivity index (χ2v) is 5.15. The van der Waals surface area contributed by atoms with E-state index in [1.807, 2.05) is 0 Å². The molecule has 0 aliphatic heterocycles. The van der Waals surface area contributed by atoms with Gasteiger partial charge in [-0.1, -0.05) is 11.3 Å². The summed E-state index contributed by atoms with van der Waals surface area (Å²) in [6.45, 7) is 3.40. The van der Waals surface area contributed by atoms with Gasteiger partial charge in [0, 0.05) is 0 Å². The van der Waals surface area contributed by atoms with Crippen LogP contribution in [-0.4, -0.2) is 15.3 Å². The summed E-state index contributed by atoms with van der Waals surface area (Å²) in [6, 6.07) is 0. The van der Waals surface area contributed by atoms with Crippen LogP contribution in [0.5, 0.6) is 0 Å². The van der Waals surface area contributed by atoms with Crippen LogP contribution >= 0.6 is 33.9 Å². The second-order valence-electron chi connectivity index (χ2n) is 2.42. The van der Waals surface area contributed by atoms with Gasteiger partial charge in [-0.2, -0.15) is 0 Å². The molecule has 0 radical (unpaired) electrons. The Morgan fingerprint density at radius 3 is 2.30 bits per heavy atom. The summed E-state index contributed by atoms with van der Waals surface area (Å²) in [5.41, 5.74) is -0.846. The van der Waals surface area contributed by atoms with Gasteiger partial charge in [0.2, 0.25) is 0 Å². The van der Waals surface area contributed by atoms with Gasteiger partial charge >= 0.3 is 0 Å². The highest BCUT2D eigenvalue weighted by molar-refractivity contribution is 14.1. The zero-order valence-electron chi connectivity index (χ0n) is 5.63. The fourth-order valence-electron chi connectivity index (χ4n) is 0.453. The Hall–Kier alpha value is 0.250. The molecular weight excluding hydrogens is 263 g/mol. The quantitative estimate of drug-likeness (QED) is 0.784. The first-order valence-corrected chi connectivity index (χ1v) is 4.61. The fourth-order valence-corrected chi connectivity index (χ4v) is 1.76. The number of rotatable bonds is 1. The summed E-state index contributed by atoms with van der Waals surface area (Å²) in [5.74, 6) is 0. The summed E-state index contributed by atoms with van der Waals surface area (Å²) < 4.78 is 0.856. The molecule has 0 saturated heterocycles. The molecule has 0 amide bonds. The molecule has 1 heterocycles. The van der Waals surface area contributed by atoms with Gasteiger partial charge in [-0.25, -0.2) is 0 Å². The van der Waals surface area contributed by atoms with Crippen LogP contribution in [0.4, 0.5) is 0 Å². The number of aliphatic hydroxyl groups is 1. The molecule has 0 fully saturated rings. The molecule has 1 aromatic rings. The molecule has 0 unspecified atom stereocenters. The molecule has 0 aliphatic carbocycles. The number of halogens is 1. The molecule has 1 rings (SSSR count). The molecule has 1 aromatic heterocycles. The smallest absolute Gasteiger partial charge is 0.178 e. The van der Waals surface area contributed by atoms with Gasteiger partial charge in [-0.15, -0.1) is 10.2 Å². The van der Waals surface area contributed by atoms with Crippen molar-refractivity contribution in [3.8, 4) is 0 Å². The van der Waals surface area contributed by atoms with Gasteiger partial charge in [0.1, 0.15) is 10.6 Å². The van der Waals surface area contributed by atoms with Crippen molar-refractivity contribution < 1.29 is 5.11 Å². The van der Waals surface area contributed by atoms with Crippen molar-refractivity contribution in [2.75, 3.05) is 0 Å². The van der Waals surface area contributed by atoms with Crippen molar-refractivity contribution in [2.24, 2.45) is 0 Å². The van der Waals surface area contributed by atoms with Crippen LogP contribution in [0.1, 0.15) is 18.9 Å². The van der Waals surface area contributed by atoms with E-state index in [4.69, 9.17) is 0 Å². The Balaban J connectivity index is 2.96. The first-order valence-electron chi connectivity index (χ1n) is 2.72. The molecule has 56 valence electrons. The monoisotopic (exact) mass is 270 g/mol. The van der Waals surface area contributed by atoms with E-state index >= 15 is 0 Å². The van der Waals surface area contributed by atoms with Gasteiger partial charge < -0.3 is 5.11 Å². The topological polar surface area (TPSA) is 46.0 Å². The Morgan fingerprint density at radius 2 is 2.10 bits per heavy atom. The van der Waals surface area contributed by atoms with Crippen LogP contribution in [0.3, 0.4) is 0 Å². The highest BCUT2D eigenvalue weighted by Crippen LogP contribution is 2.23. The average Bonchev–Trinajstić information content (AvgIpc) is 2.11. The second kappa shape index (κ2) is 2.71. The van der Waals surface area contributed by atoms with E-state index < -0.39 is 5.60 Å². The highest BCUT2D eigenvalue weighted by Gasteiger charge is 2.20. The Bertz CT molecular complexity index is 230. The molecule has 0 saturated carbocycles. The van der Waals surface area contributed by atoms with Gasteiger partial charge in [-0.3, -0.25) is 0 Å². The van der Waals surface area contributed by atoms with Crippen LogP contribution < -0.4 is 0 Å². The van der Waals surface area contributed by atoms with Crippen LogP contribution in [0.15, 0.2) is 0 Å². The summed E-state index contributed by atoms with van der Waals surface area (Å²) >= 11 is 3.48. The van der Waals surface area contributed by atoms with Crippen LogP contribution in [-0.2, 0) is 5.60 Å². The maximum Gasteiger partial charge on any atom is 0.178 e. The minimum Gasteiger partial charge on any atom is -0.383 e. The Kier molecular flexibility index (Phi) is 2.26. The minimum absolute atomic E-state index is 0.664. The predicted molar refractivity (Wildman–Crippen MR) is 47.9 cm³/mol. The van der Waals surface area contributed by atoms with Crippen molar-refractivity contribution >= 4 is 33.9 Å². The Morgan fingerprint density at radius 1 is 1.50 bits per heavy atom. The molecule has 0 bridgehead atoms. The lowest BCUT2D eigenvalue weighted by Gasteiger charge is -2.10. The molecule has 0 spiro atoms. The maximum absolute atomic E-state index is 9.41. The summed E-state index contributed by atoms with van der Waals surface area (Å²) in [6.07, 6.45) is 0. The maximum atomic E-state index is 9.41. The third kappa shape index (κ3) is 1.86. The van der Waals surface area contributed by atoms with Gasteiger partial charge in [0.25, 0.3) is 0 Å². The number of aromatic nitrogens is 2. The summed E-state index contributed by atoms with van der Waals surface area (Å²) in [4.78, 5) is 0. The average molecular weight is 270 g/mol. The number of nitrogens with zero attached hydrogens (tertiary/aromatic N) is 2. The van der Waals surface area contributed by atoms with Gasteiger partial charge in [0.15, 0.2) is 3.01 Å². The van der Waals surface area contributed by atoms with Gasteiger partial charge in [0.05, 0.1) is 0 Å². The lowest BCUT2D eigenvalue weighted by molar-refractivity contribution is 0.0775. The van der Waals surface area contributed by atoms with E-state index in [2.05, 4.69) is 32.8 Å². The van der Waals surface area contributed by atoms with E-state index in [0.717, 1.165) is 3.01 Å². The number of hydrogen-bond donors (Lipinski definition) is 1. The molecule has 0 aromatic carbocycles. The summed E-state index contributed by atoms with van der Waals surface area (Å²) in [5, 5.41) is 17.6. The van der Waals surface area contributed by atoms with Crippen LogP contribution in [0.25, 0.3) is 0 Å². The lowest BCUT2D eigenvalue weighted by Crippen LogP contribution is -2.14. The van der Waals surface area contributed by atoms with E-state index in [1.54, 1.807) is 13.8 Å². The fraction of sp³-hybridized carbons (Fsp3) is 0.600. The minimum atomic E-state index is -0.846. The van der Waals surface area contributed by atoms with Crippen molar-refractivity contribution in [1.29, 1.82) is 0 Å². The van der Waals surface area contributed by atoms with Crippen LogP contribution in [0.2, 0.25) is 0 Å².